The van der Waals surface area contributed by atoms with Crippen molar-refractivity contribution in [1.82, 2.24) is 4.98 Å². The highest BCUT2D eigenvalue weighted by molar-refractivity contribution is 7.98. The van der Waals surface area contributed by atoms with Gasteiger partial charge in [-0.1, -0.05) is 53.4 Å². The standard InChI is InChI=1S/C26H22N4OS/c1-28-26-23-12-11-19(18-6-4-8-22(14-18)32-2)15-24(23)21(16-29-26)10-9-17-5-3-7-20(13-17)25(27)30-31/h3-8,11-16,31H,1-2H3,(H2,27,30)(H,28,29). The van der Waals surface area contributed by atoms with E-state index >= 15 is 0 Å². The summed E-state index contributed by atoms with van der Waals surface area (Å²) in [4.78, 5) is 5.76. The van der Waals surface area contributed by atoms with Crippen molar-refractivity contribution in [2.24, 2.45) is 10.9 Å². The molecular weight excluding hydrogens is 416 g/mol. The largest absolute Gasteiger partial charge is 0.409 e. The number of fused-ring (bicyclic) bond motifs is 1. The number of anilines is 1. The van der Waals surface area contributed by atoms with Crippen molar-refractivity contribution in [2.75, 3.05) is 18.6 Å². The second kappa shape index (κ2) is 9.46. The molecule has 0 aliphatic rings. The molecule has 3 aromatic carbocycles. The fourth-order valence-electron chi connectivity index (χ4n) is 3.48. The average Bonchev–Trinajstić information content (AvgIpc) is 2.86. The van der Waals surface area contributed by atoms with E-state index < -0.39 is 0 Å². The van der Waals surface area contributed by atoms with E-state index in [9.17, 15) is 0 Å². The van der Waals surface area contributed by atoms with E-state index in [-0.39, 0.29) is 5.84 Å². The molecule has 4 aromatic rings. The summed E-state index contributed by atoms with van der Waals surface area (Å²) in [5.74, 6) is 7.30. The number of thioether (sulfide) groups is 1. The third kappa shape index (κ3) is 4.39. The van der Waals surface area contributed by atoms with Gasteiger partial charge in [-0.2, -0.15) is 0 Å². The SMILES string of the molecule is CNc1ncc(C#Cc2cccc(/C(N)=N/O)c2)c2cc(-c3cccc(SC)c3)ccc12. The van der Waals surface area contributed by atoms with Gasteiger partial charge in [-0.25, -0.2) is 4.98 Å². The first-order chi connectivity index (χ1) is 15.6. The lowest BCUT2D eigenvalue weighted by molar-refractivity contribution is 0.318. The molecule has 1 heterocycles. The average molecular weight is 439 g/mol. The molecule has 4 N–H and O–H groups in total. The number of nitrogens with zero attached hydrogens (tertiary/aromatic N) is 2. The van der Waals surface area contributed by atoms with Gasteiger partial charge in [-0.15, -0.1) is 11.8 Å². The van der Waals surface area contributed by atoms with Crippen LogP contribution in [0.3, 0.4) is 0 Å². The number of oxime groups is 1. The zero-order valence-electron chi connectivity index (χ0n) is 17.8. The van der Waals surface area contributed by atoms with Crippen LogP contribution in [0.1, 0.15) is 16.7 Å². The van der Waals surface area contributed by atoms with Crippen molar-refractivity contribution >= 4 is 34.2 Å². The minimum Gasteiger partial charge on any atom is -0.409 e. The van der Waals surface area contributed by atoms with Crippen LogP contribution < -0.4 is 11.1 Å². The molecule has 0 atom stereocenters. The molecule has 0 fully saturated rings. The quantitative estimate of drug-likeness (QED) is 0.102. The fourth-order valence-corrected chi connectivity index (χ4v) is 3.94. The normalized spacial score (nSPS) is 11.1. The monoisotopic (exact) mass is 438 g/mol. The predicted octanol–water partition coefficient (Wildman–Crippen LogP) is 5.16. The Morgan fingerprint density at radius 1 is 1.00 bits per heavy atom. The molecule has 0 saturated heterocycles. The van der Waals surface area contributed by atoms with Crippen molar-refractivity contribution in [1.29, 1.82) is 0 Å². The zero-order chi connectivity index (χ0) is 22.5. The van der Waals surface area contributed by atoms with Crippen LogP contribution in [0.4, 0.5) is 5.82 Å². The van der Waals surface area contributed by atoms with Gasteiger partial charge in [-0.3, -0.25) is 0 Å². The number of nitrogens with one attached hydrogen (secondary N) is 1. The molecule has 1 aromatic heterocycles. The van der Waals surface area contributed by atoms with Gasteiger partial charge in [0.05, 0.1) is 5.56 Å². The van der Waals surface area contributed by atoms with Crippen molar-refractivity contribution < 1.29 is 5.21 Å². The van der Waals surface area contributed by atoms with Crippen LogP contribution >= 0.6 is 11.8 Å². The molecule has 0 saturated carbocycles. The number of benzene rings is 3. The van der Waals surface area contributed by atoms with Crippen molar-refractivity contribution in [3.8, 4) is 23.0 Å². The van der Waals surface area contributed by atoms with Gasteiger partial charge in [0.15, 0.2) is 5.84 Å². The van der Waals surface area contributed by atoms with E-state index in [1.165, 1.54) is 4.90 Å². The Kier molecular flexibility index (Phi) is 6.29. The van der Waals surface area contributed by atoms with E-state index in [1.54, 1.807) is 30.1 Å². The van der Waals surface area contributed by atoms with E-state index in [1.807, 2.05) is 19.2 Å². The number of amidine groups is 1. The maximum absolute atomic E-state index is 8.92. The molecule has 0 aliphatic heterocycles. The Bertz CT molecular complexity index is 1390. The summed E-state index contributed by atoms with van der Waals surface area (Å²) in [6.45, 7) is 0. The molecule has 0 unspecified atom stereocenters. The molecular formula is C26H22N4OS. The Morgan fingerprint density at radius 3 is 2.59 bits per heavy atom. The Balaban J connectivity index is 1.83. The minimum atomic E-state index is 0.0521. The highest BCUT2D eigenvalue weighted by atomic mass is 32.2. The van der Waals surface area contributed by atoms with E-state index in [0.717, 1.165) is 38.8 Å². The smallest absolute Gasteiger partial charge is 0.170 e. The number of aromatic nitrogens is 1. The third-order valence-corrected chi connectivity index (χ3v) is 5.86. The molecule has 4 rings (SSSR count). The molecule has 158 valence electrons. The van der Waals surface area contributed by atoms with Gasteiger partial charge in [-0.05, 0) is 47.7 Å². The van der Waals surface area contributed by atoms with Crippen LogP contribution in [0, 0.1) is 11.8 Å². The van der Waals surface area contributed by atoms with Gasteiger partial charge in [0, 0.05) is 40.0 Å². The summed E-state index contributed by atoms with van der Waals surface area (Å²) in [5.41, 5.74) is 10.2. The third-order valence-electron chi connectivity index (χ3n) is 5.14. The summed E-state index contributed by atoms with van der Waals surface area (Å²) in [7, 11) is 1.86. The summed E-state index contributed by atoms with van der Waals surface area (Å²) in [5, 5.41) is 17.2. The summed E-state index contributed by atoms with van der Waals surface area (Å²) >= 11 is 1.73. The zero-order valence-corrected chi connectivity index (χ0v) is 18.6. The Labute approximate surface area is 191 Å². The molecule has 0 radical (unpaired) electrons. The second-order valence-corrected chi connectivity index (χ2v) is 7.96. The highest BCUT2D eigenvalue weighted by Crippen LogP contribution is 2.31. The molecule has 0 aliphatic carbocycles. The lowest BCUT2D eigenvalue weighted by atomic mass is 9.99. The summed E-state index contributed by atoms with van der Waals surface area (Å²) < 4.78 is 0. The lowest BCUT2D eigenvalue weighted by Gasteiger charge is -2.10. The second-order valence-electron chi connectivity index (χ2n) is 7.08. The van der Waals surface area contributed by atoms with Crippen LogP contribution in [0.5, 0.6) is 0 Å². The first-order valence-corrected chi connectivity index (χ1v) is 11.2. The van der Waals surface area contributed by atoms with Crippen molar-refractivity contribution in [3.63, 3.8) is 0 Å². The Hall–Kier alpha value is -3.95. The number of nitrogens with two attached hydrogens (primary N) is 1. The van der Waals surface area contributed by atoms with Crippen molar-refractivity contribution in [2.45, 2.75) is 4.90 Å². The lowest BCUT2D eigenvalue weighted by Crippen LogP contribution is -2.12. The van der Waals surface area contributed by atoms with E-state index in [4.69, 9.17) is 10.9 Å². The molecule has 6 heteroatoms. The van der Waals surface area contributed by atoms with Crippen LogP contribution in [0.2, 0.25) is 0 Å². The first-order valence-electron chi connectivity index (χ1n) is 9.98. The molecule has 0 spiro atoms. The topological polar surface area (TPSA) is 83.5 Å². The van der Waals surface area contributed by atoms with Gasteiger partial charge in [0.25, 0.3) is 0 Å². The fraction of sp³-hybridized carbons (Fsp3) is 0.0769. The molecule has 5 nitrogen and oxygen atoms in total. The molecule has 0 amide bonds. The summed E-state index contributed by atoms with van der Waals surface area (Å²) in [6, 6.07) is 22.1. The highest BCUT2D eigenvalue weighted by Gasteiger charge is 2.08. The van der Waals surface area contributed by atoms with E-state index in [0.29, 0.717) is 5.56 Å². The first kappa shape index (κ1) is 21.3. The Morgan fingerprint density at radius 2 is 1.81 bits per heavy atom. The number of pyridine rings is 1. The van der Waals surface area contributed by atoms with Crippen LogP contribution in [0.25, 0.3) is 21.9 Å². The summed E-state index contributed by atoms with van der Waals surface area (Å²) in [6.07, 6.45) is 3.86. The molecule has 32 heavy (non-hydrogen) atoms. The number of hydrogen-bond donors (Lipinski definition) is 3. The molecule has 0 bridgehead atoms. The maximum atomic E-state index is 8.92. The van der Waals surface area contributed by atoms with Gasteiger partial charge < -0.3 is 16.3 Å². The van der Waals surface area contributed by atoms with Gasteiger partial charge in [0.2, 0.25) is 0 Å². The maximum Gasteiger partial charge on any atom is 0.170 e. The minimum absolute atomic E-state index is 0.0521. The van der Waals surface area contributed by atoms with Gasteiger partial charge in [0.1, 0.15) is 5.82 Å². The number of hydrogen-bond acceptors (Lipinski definition) is 5. The van der Waals surface area contributed by atoms with E-state index in [2.05, 4.69) is 76.0 Å². The van der Waals surface area contributed by atoms with Gasteiger partial charge >= 0.3 is 0 Å². The predicted molar refractivity (Wildman–Crippen MR) is 133 cm³/mol. The van der Waals surface area contributed by atoms with Crippen LogP contribution in [0.15, 0.2) is 83.0 Å². The van der Waals surface area contributed by atoms with Crippen molar-refractivity contribution in [3.05, 3.63) is 89.6 Å². The van der Waals surface area contributed by atoms with Crippen LogP contribution in [-0.4, -0.2) is 29.3 Å². The van der Waals surface area contributed by atoms with Crippen LogP contribution in [-0.2, 0) is 0 Å². The number of rotatable bonds is 4.